The first-order valence-corrected chi connectivity index (χ1v) is 9.97. The lowest BCUT2D eigenvalue weighted by molar-refractivity contribution is 0.0696. The molecule has 1 fully saturated rings. The van der Waals surface area contributed by atoms with Crippen molar-refractivity contribution in [2.75, 3.05) is 11.4 Å². The van der Waals surface area contributed by atoms with Crippen molar-refractivity contribution in [2.45, 2.75) is 57.4 Å². The third-order valence-electron chi connectivity index (χ3n) is 5.14. The van der Waals surface area contributed by atoms with Crippen LogP contribution < -0.4 is 10.4 Å². The van der Waals surface area contributed by atoms with Crippen molar-refractivity contribution in [1.82, 2.24) is 10.6 Å². The summed E-state index contributed by atoms with van der Waals surface area (Å²) in [5.74, 6) is 0.000483. The number of nitrogens with zero attached hydrogens (tertiary/aromatic N) is 2. The number of aromatic nitrogens is 1. The molecule has 6 nitrogen and oxygen atoms in total. The number of aryl methyl sites for hydroxylation is 1. The monoisotopic (exact) mass is 391 g/mol. The quantitative estimate of drug-likeness (QED) is 0.390. The van der Waals surface area contributed by atoms with Crippen LogP contribution in [0.1, 0.15) is 61.2 Å². The number of unbranched alkanes of at least 4 members (excludes halogenated alkanes) is 1. The molecule has 7 heteroatoms. The maximum Gasteiger partial charge on any atom is 0.296 e. The van der Waals surface area contributed by atoms with Gasteiger partial charge in [0.25, 0.3) is 5.91 Å². The van der Waals surface area contributed by atoms with Gasteiger partial charge in [-0.15, -0.1) is 0 Å². The van der Waals surface area contributed by atoms with Gasteiger partial charge in [-0.05, 0) is 49.9 Å². The van der Waals surface area contributed by atoms with E-state index in [1.165, 1.54) is 37.8 Å². The molecule has 1 aromatic heterocycles. The van der Waals surface area contributed by atoms with Crippen LogP contribution in [-0.4, -0.2) is 28.9 Å². The van der Waals surface area contributed by atoms with E-state index in [0.717, 1.165) is 24.4 Å². The fraction of sp³-hybridized carbons (Fsp3) is 0.500. The number of halogens is 1. The van der Waals surface area contributed by atoms with E-state index in [0.29, 0.717) is 18.2 Å². The number of anilines is 1. The largest absolute Gasteiger partial charge is 0.369 e. The van der Waals surface area contributed by atoms with Crippen molar-refractivity contribution >= 4 is 23.2 Å². The Hall–Kier alpha value is -2.05. The number of hydroxylamine groups is 1. The zero-order valence-electron chi connectivity index (χ0n) is 15.4. The predicted octanol–water partition coefficient (Wildman–Crippen LogP) is 4.61. The first-order valence-electron chi connectivity index (χ1n) is 9.59. The van der Waals surface area contributed by atoms with Gasteiger partial charge in [-0.1, -0.05) is 36.0 Å². The second kappa shape index (κ2) is 9.76. The first-order chi connectivity index (χ1) is 13.2. The molecule has 0 radical (unpaired) electrons. The third-order valence-corrected chi connectivity index (χ3v) is 5.39. The molecule has 0 saturated heterocycles. The second-order valence-electron chi connectivity index (χ2n) is 7.04. The molecule has 0 spiro atoms. The lowest BCUT2D eigenvalue weighted by Crippen LogP contribution is -2.37. The average molecular weight is 392 g/mol. The first kappa shape index (κ1) is 19.7. The lowest BCUT2D eigenvalue weighted by atomic mass is 9.93. The molecule has 1 aromatic carbocycles. The molecular weight excluding hydrogens is 366 g/mol. The van der Waals surface area contributed by atoms with Crippen LogP contribution in [0, 0.1) is 0 Å². The number of nitrogens with one attached hydrogen (secondary N) is 1. The molecular formula is C20H26ClN3O3. The molecule has 1 saturated carbocycles. The SMILES string of the molecule is O=C(NO)c1cc(CCCCN(c2ccc(Cl)cc2)C2CCCCC2)on1. The van der Waals surface area contributed by atoms with Gasteiger partial charge >= 0.3 is 0 Å². The summed E-state index contributed by atoms with van der Waals surface area (Å²) < 4.78 is 5.16. The number of carbonyl (C=O) groups is 1. The molecule has 1 heterocycles. The Kier molecular flexibility index (Phi) is 7.12. The highest BCUT2D eigenvalue weighted by molar-refractivity contribution is 6.30. The van der Waals surface area contributed by atoms with Crippen molar-refractivity contribution in [2.24, 2.45) is 0 Å². The molecule has 3 rings (SSSR count). The Balaban J connectivity index is 1.55. The normalized spacial score (nSPS) is 14.9. The molecule has 146 valence electrons. The zero-order chi connectivity index (χ0) is 19.1. The Labute approximate surface area is 164 Å². The molecule has 0 atom stereocenters. The summed E-state index contributed by atoms with van der Waals surface area (Å²) in [7, 11) is 0. The molecule has 27 heavy (non-hydrogen) atoms. The molecule has 1 amide bonds. The van der Waals surface area contributed by atoms with E-state index >= 15 is 0 Å². The van der Waals surface area contributed by atoms with Crippen LogP contribution in [0.5, 0.6) is 0 Å². The molecule has 2 aromatic rings. The maximum atomic E-state index is 11.3. The van der Waals surface area contributed by atoms with Gasteiger partial charge in [0.15, 0.2) is 5.69 Å². The van der Waals surface area contributed by atoms with E-state index in [1.807, 2.05) is 12.1 Å². The summed E-state index contributed by atoms with van der Waals surface area (Å²) >= 11 is 6.05. The van der Waals surface area contributed by atoms with Gasteiger partial charge in [0.05, 0.1) is 0 Å². The summed E-state index contributed by atoms with van der Waals surface area (Å²) in [5, 5.41) is 13.0. The van der Waals surface area contributed by atoms with Crippen LogP contribution in [0.15, 0.2) is 34.9 Å². The summed E-state index contributed by atoms with van der Waals surface area (Å²) in [6.07, 6.45) is 9.07. The van der Waals surface area contributed by atoms with Crippen LogP contribution >= 0.6 is 11.6 Å². The highest BCUT2D eigenvalue weighted by Gasteiger charge is 2.21. The standard InChI is InChI=1S/C20H26ClN3O3/c21-15-9-11-17(12-10-15)24(16-6-2-1-3-7-16)13-5-4-8-18-14-19(23-27-18)20(25)22-26/h9-12,14,16,26H,1-8,13H2,(H,22,25). The van der Waals surface area contributed by atoms with Crippen LogP contribution in [0.2, 0.25) is 5.02 Å². The average Bonchev–Trinajstić information content (AvgIpc) is 3.18. The van der Waals surface area contributed by atoms with Gasteiger partial charge < -0.3 is 9.42 Å². The molecule has 2 N–H and O–H groups in total. The van der Waals surface area contributed by atoms with Crippen molar-refractivity contribution in [3.05, 3.63) is 46.8 Å². The number of rotatable bonds is 8. The Bertz CT molecular complexity index is 726. The minimum Gasteiger partial charge on any atom is -0.369 e. The fourth-order valence-electron chi connectivity index (χ4n) is 3.72. The van der Waals surface area contributed by atoms with Gasteiger partial charge in [0.1, 0.15) is 5.76 Å². The predicted molar refractivity (Wildman–Crippen MR) is 104 cm³/mol. The topological polar surface area (TPSA) is 78.6 Å². The number of amides is 1. The van der Waals surface area contributed by atoms with E-state index in [2.05, 4.69) is 22.2 Å². The highest BCUT2D eigenvalue weighted by Crippen LogP contribution is 2.28. The molecule has 0 aliphatic heterocycles. The van der Waals surface area contributed by atoms with Gasteiger partial charge in [-0.25, -0.2) is 5.48 Å². The van der Waals surface area contributed by atoms with Crippen molar-refractivity contribution in [3.8, 4) is 0 Å². The van der Waals surface area contributed by atoms with Crippen LogP contribution in [0.3, 0.4) is 0 Å². The van der Waals surface area contributed by atoms with Crippen molar-refractivity contribution in [1.29, 1.82) is 0 Å². The lowest BCUT2D eigenvalue weighted by Gasteiger charge is -2.36. The number of hydrogen-bond acceptors (Lipinski definition) is 5. The summed E-state index contributed by atoms with van der Waals surface area (Å²) in [5.41, 5.74) is 2.88. The smallest absolute Gasteiger partial charge is 0.296 e. The van der Waals surface area contributed by atoms with Crippen molar-refractivity contribution in [3.63, 3.8) is 0 Å². The van der Waals surface area contributed by atoms with E-state index in [-0.39, 0.29) is 5.69 Å². The minimum absolute atomic E-state index is 0.0949. The van der Waals surface area contributed by atoms with E-state index in [9.17, 15) is 4.79 Å². The second-order valence-corrected chi connectivity index (χ2v) is 7.47. The molecule has 1 aliphatic carbocycles. The summed E-state index contributed by atoms with van der Waals surface area (Å²) in [6.45, 7) is 0.977. The van der Waals surface area contributed by atoms with Crippen LogP contribution in [0.4, 0.5) is 5.69 Å². The molecule has 1 aliphatic rings. The third kappa shape index (κ3) is 5.47. The minimum atomic E-state index is -0.656. The van der Waals surface area contributed by atoms with E-state index in [1.54, 1.807) is 11.5 Å². The van der Waals surface area contributed by atoms with Crippen LogP contribution in [0.25, 0.3) is 0 Å². The van der Waals surface area contributed by atoms with E-state index in [4.69, 9.17) is 21.3 Å². The van der Waals surface area contributed by atoms with Gasteiger partial charge in [0, 0.05) is 35.8 Å². The zero-order valence-corrected chi connectivity index (χ0v) is 16.1. The molecule has 0 bridgehead atoms. The van der Waals surface area contributed by atoms with Gasteiger partial charge in [-0.2, -0.15) is 0 Å². The summed E-state index contributed by atoms with van der Waals surface area (Å²) in [4.78, 5) is 13.8. The van der Waals surface area contributed by atoms with Gasteiger partial charge in [0.2, 0.25) is 0 Å². The fourth-order valence-corrected chi connectivity index (χ4v) is 3.85. The Morgan fingerprint density at radius 1 is 1.22 bits per heavy atom. The van der Waals surface area contributed by atoms with Crippen LogP contribution in [-0.2, 0) is 6.42 Å². The highest BCUT2D eigenvalue weighted by atomic mass is 35.5. The number of benzene rings is 1. The Morgan fingerprint density at radius 3 is 2.67 bits per heavy atom. The maximum absolute atomic E-state index is 11.3. The van der Waals surface area contributed by atoms with Crippen molar-refractivity contribution < 1.29 is 14.5 Å². The summed E-state index contributed by atoms with van der Waals surface area (Å²) in [6, 6.07) is 10.3. The molecule has 0 unspecified atom stereocenters. The van der Waals surface area contributed by atoms with Gasteiger partial charge in [-0.3, -0.25) is 10.0 Å². The Morgan fingerprint density at radius 2 is 1.96 bits per heavy atom. The van der Waals surface area contributed by atoms with E-state index < -0.39 is 5.91 Å². The number of hydrogen-bond donors (Lipinski definition) is 2. The number of carbonyl (C=O) groups excluding carboxylic acids is 1.